The fourth-order valence-corrected chi connectivity index (χ4v) is 5.90. The van der Waals surface area contributed by atoms with Gasteiger partial charge in [-0.15, -0.1) is 4.79 Å². The van der Waals surface area contributed by atoms with Gasteiger partial charge in [-0.3, -0.25) is 0 Å². The monoisotopic (exact) mass is 554 g/mol. The van der Waals surface area contributed by atoms with Gasteiger partial charge in [-0.1, -0.05) is 0 Å². The van der Waals surface area contributed by atoms with Crippen molar-refractivity contribution in [1.29, 1.82) is 0 Å². The Morgan fingerprint density at radius 2 is 0.946 bits per heavy atom. The number of sulfone groups is 2. The molecule has 14 heteroatoms. The van der Waals surface area contributed by atoms with Gasteiger partial charge in [0, 0.05) is 0 Å². The van der Waals surface area contributed by atoms with E-state index in [1.54, 1.807) is 41.5 Å². The number of carbonyl (C=O) groups excluding carboxylic acids is 2. The third kappa shape index (κ3) is 8.13. The molecule has 0 atom stereocenters. The molecule has 0 fully saturated rings. The van der Waals surface area contributed by atoms with Crippen LogP contribution in [0.2, 0.25) is 0 Å². The number of ether oxygens (including phenoxy) is 4. The molecule has 0 aliphatic rings. The maximum absolute atomic E-state index is 13.0. The standard InChI is InChI=1S/C23H26N2O10S2/c1-22(2,3)34-20(26)32-15-7-11-17(12-8-15)36(28,29)19(25-24)37(30,31)18-13-9-16(10-14-18)33-21(27)35-23(4,5)6/h7-14H,1-6H3. The van der Waals surface area contributed by atoms with Crippen LogP contribution in [0.4, 0.5) is 9.59 Å². The van der Waals surface area contributed by atoms with E-state index in [9.17, 15) is 32.0 Å². The lowest BCUT2D eigenvalue weighted by atomic mass is 10.2. The molecular formula is C23H26N2O10S2. The summed E-state index contributed by atoms with van der Waals surface area (Å²) in [6.45, 7) is 9.76. The molecule has 12 nitrogen and oxygen atoms in total. The molecule has 0 amide bonds. The van der Waals surface area contributed by atoms with E-state index >= 15 is 0 Å². The Kier molecular flexibility index (Phi) is 8.53. The van der Waals surface area contributed by atoms with Gasteiger partial charge in [0.05, 0.1) is 9.79 Å². The Labute approximate surface area is 214 Å². The van der Waals surface area contributed by atoms with Crippen LogP contribution in [0.1, 0.15) is 41.5 Å². The topological polar surface area (TPSA) is 176 Å². The molecule has 0 aliphatic heterocycles. The lowest BCUT2D eigenvalue weighted by molar-refractivity contribution is 0.00374. The van der Waals surface area contributed by atoms with Crippen molar-refractivity contribution in [2.45, 2.75) is 62.5 Å². The van der Waals surface area contributed by atoms with E-state index in [1.807, 2.05) is 0 Å². The first-order chi connectivity index (χ1) is 16.8. The fraction of sp³-hybridized carbons (Fsp3) is 0.348. The summed E-state index contributed by atoms with van der Waals surface area (Å²) in [7, 11) is -9.69. The van der Waals surface area contributed by atoms with Crippen molar-refractivity contribution in [2.24, 2.45) is 0 Å². The molecule has 0 unspecified atom stereocenters. The normalized spacial score (nSPS) is 12.2. The minimum atomic E-state index is -4.85. The second kappa shape index (κ2) is 10.7. The zero-order chi connectivity index (χ0) is 28.2. The van der Waals surface area contributed by atoms with Gasteiger partial charge in [0.15, 0.2) is 0 Å². The first-order valence-corrected chi connectivity index (χ1v) is 13.6. The predicted octanol–water partition coefficient (Wildman–Crippen LogP) is 4.15. The predicted molar refractivity (Wildman–Crippen MR) is 130 cm³/mol. The Balaban J connectivity index is 2.26. The van der Waals surface area contributed by atoms with Crippen molar-refractivity contribution in [3.63, 3.8) is 0 Å². The van der Waals surface area contributed by atoms with E-state index in [0.29, 0.717) is 0 Å². The fourth-order valence-electron chi connectivity index (χ4n) is 2.56. The summed E-state index contributed by atoms with van der Waals surface area (Å²) in [5.41, 5.74) is 7.70. The van der Waals surface area contributed by atoms with Crippen LogP contribution in [0.3, 0.4) is 0 Å². The summed E-state index contributed by atoms with van der Waals surface area (Å²) in [4.78, 5) is 25.0. The van der Waals surface area contributed by atoms with Crippen molar-refractivity contribution >= 4 is 36.4 Å². The molecule has 37 heavy (non-hydrogen) atoms. The molecule has 0 radical (unpaired) electrons. The van der Waals surface area contributed by atoms with Gasteiger partial charge < -0.3 is 24.5 Å². The van der Waals surface area contributed by atoms with Crippen LogP contribution < -0.4 is 9.47 Å². The van der Waals surface area contributed by atoms with Crippen molar-refractivity contribution in [2.75, 3.05) is 0 Å². The zero-order valence-electron chi connectivity index (χ0n) is 20.9. The van der Waals surface area contributed by atoms with Crippen molar-refractivity contribution < 1.29 is 50.2 Å². The van der Waals surface area contributed by atoms with Gasteiger partial charge in [0.25, 0.3) is 19.7 Å². The number of carbonyl (C=O) groups is 2. The lowest BCUT2D eigenvalue weighted by Gasteiger charge is -2.18. The van der Waals surface area contributed by atoms with Gasteiger partial charge in [-0.25, -0.2) is 26.4 Å². The zero-order valence-corrected chi connectivity index (χ0v) is 22.5. The third-order valence-electron chi connectivity index (χ3n) is 3.99. The quantitative estimate of drug-likeness (QED) is 0.133. The Morgan fingerprint density at radius 3 is 1.19 bits per heavy atom. The summed E-state index contributed by atoms with van der Waals surface area (Å²) in [6.07, 6.45) is -2.05. The number of benzene rings is 2. The molecular weight excluding hydrogens is 528 g/mol. The lowest BCUT2D eigenvalue weighted by Crippen LogP contribution is -2.27. The van der Waals surface area contributed by atoms with E-state index in [4.69, 9.17) is 18.9 Å². The Bertz CT molecular complexity index is 1320. The number of hydrogen-bond acceptors (Lipinski definition) is 10. The molecule has 200 valence electrons. The summed E-state index contributed by atoms with van der Waals surface area (Å²) < 4.78 is 70.2. The van der Waals surface area contributed by atoms with Gasteiger partial charge in [-0.2, -0.15) is 0 Å². The summed E-state index contributed by atoms with van der Waals surface area (Å²) in [5.74, 6) is -0.141. The van der Waals surface area contributed by atoms with Crippen molar-refractivity contribution in [3.8, 4) is 11.5 Å². The summed E-state index contributed by atoms with van der Waals surface area (Å²) >= 11 is 0. The van der Waals surface area contributed by atoms with Crippen LogP contribution >= 0.6 is 0 Å². The first-order valence-electron chi connectivity index (χ1n) is 10.6. The molecule has 2 aromatic rings. The minimum Gasteiger partial charge on any atom is -0.428 e. The maximum atomic E-state index is 13.0. The van der Waals surface area contributed by atoms with Crippen molar-refractivity contribution in [1.82, 2.24) is 0 Å². The van der Waals surface area contributed by atoms with E-state index in [2.05, 4.69) is 4.79 Å². The van der Waals surface area contributed by atoms with Crippen LogP contribution in [0.25, 0.3) is 5.53 Å². The van der Waals surface area contributed by atoms with Crippen LogP contribution in [-0.4, -0.2) is 49.5 Å². The van der Waals surface area contributed by atoms with Crippen LogP contribution in [0.15, 0.2) is 58.3 Å². The highest BCUT2D eigenvalue weighted by atomic mass is 32.3. The molecule has 0 saturated heterocycles. The van der Waals surface area contributed by atoms with Crippen LogP contribution in [0, 0.1) is 0 Å². The molecule has 0 bridgehead atoms. The highest BCUT2D eigenvalue weighted by Crippen LogP contribution is 2.25. The molecule has 2 rings (SSSR count). The average Bonchev–Trinajstić information content (AvgIpc) is 2.71. The number of rotatable bonds is 4. The molecule has 0 aliphatic carbocycles. The second-order valence-electron chi connectivity index (χ2n) is 9.45. The average molecular weight is 555 g/mol. The molecule has 0 heterocycles. The molecule has 0 saturated carbocycles. The van der Waals surface area contributed by atoms with Gasteiger partial charge in [0.2, 0.25) is 0 Å². The summed E-state index contributed by atoms with van der Waals surface area (Å²) in [6, 6.07) is 8.26. The minimum absolute atomic E-state index is 0.0703. The van der Waals surface area contributed by atoms with Gasteiger partial charge in [0.1, 0.15) is 22.7 Å². The van der Waals surface area contributed by atoms with Crippen LogP contribution in [0.5, 0.6) is 11.5 Å². The SMILES string of the molecule is CC(C)(C)OC(=O)Oc1ccc(S(=O)(=O)C(=[N+]=[N-])S(=O)(=O)c2ccc(OC(=O)OC(C)(C)C)cc2)cc1. The van der Waals surface area contributed by atoms with Crippen molar-refractivity contribution in [3.05, 3.63) is 54.1 Å². The van der Waals surface area contributed by atoms with E-state index in [1.165, 1.54) is 0 Å². The molecule has 0 aromatic heterocycles. The largest absolute Gasteiger partial charge is 0.514 e. The van der Waals surface area contributed by atoms with E-state index < -0.39 is 57.4 Å². The summed E-state index contributed by atoms with van der Waals surface area (Å²) in [5, 5.41) is 0. The number of nitrogens with zero attached hydrogens (tertiary/aromatic N) is 2. The smallest absolute Gasteiger partial charge is 0.428 e. The first kappa shape index (κ1) is 29.5. The van der Waals surface area contributed by atoms with E-state index in [0.717, 1.165) is 48.5 Å². The maximum Gasteiger partial charge on any atom is 0.514 e. The van der Waals surface area contributed by atoms with Gasteiger partial charge >= 0.3 is 16.7 Å². The van der Waals surface area contributed by atoms with Crippen LogP contribution in [-0.2, 0) is 29.1 Å². The van der Waals surface area contributed by atoms with Gasteiger partial charge in [-0.05, 0) is 90.1 Å². The molecule has 2 aromatic carbocycles. The Morgan fingerprint density at radius 1 is 0.649 bits per heavy atom. The highest BCUT2D eigenvalue weighted by Gasteiger charge is 2.44. The van der Waals surface area contributed by atoms with E-state index in [-0.39, 0.29) is 11.5 Å². The third-order valence-corrected chi connectivity index (χ3v) is 8.18. The molecule has 0 spiro atoms. The molecule has 0 N–H and O–H groups in total. The second-order valence-corrected chi connectivity index (χ2v) is 13.4. The number of hydrogen-bond donors (Lipinski definition) is 0. The Hall–Kier alpha value is -3.74. The highest BCUT2D eigenvalue weighted by molar-refractivity contribution is 8.31.